The van der Waals surface area contributed by atoms with Crippen LogP contribution in [-0.4, -0.2) is 31.3 Å². The minimum Gasteiger partial charge on any atom is -0.454 e. The van der Waals surface area contributed by atoms with Gasteiger partial charge in [0.15, 0.2) is 11.5 Å². The Morgan fingerprint density at radius 2 is 1.86 bits per heavy atom. The first-order valence-corrected chi connectivity index (χ1v) is 8.26. The van der Waals surface area contributed by atoms with Gasteiger partial charge < -0.3 is 24.8 Å². The fourth-order valence-corrected chi connectivity index (χ4v) is 2.93. The van der Waals surface area contributed by atoms with E-state index in [1.54, 1.807) is 38.2 Å². The zero-order valence-electron chi connectivity index (χ0n) is 15.4. The largest absolute Gasteiger partial charge is 0.454 e. The standard InChI is InChI=1S/C19H20F2N2O4.ClH/c1-19(22,13-6-4-3-5-7-13)17(24)23(2)10-12-8-15-16(26-11-25-15)9-14(12)27-18(20)21;/h3-9,18H,10-11,22H2,1-2H3;1H. The Morgan fingerprint density at radius 1 is 1.25 bits per heavy atom. The van der Waals surface area contributed by atoms with Gasteiger partial charge in [-0.25, -0.2) is 0 Å². The van der Waals surface area contributed by atoms with E-state index < -0.39 is 12.2 Å². The van der Waals surface area contributed by atoms with Crippen LogP contribution in [0.25, 0.3) is 0 Å². The summed E-state index contributed by atoms with van der Waals surface area (Å²) in [6.45, 7) is -1.39. The molecule has 1 atom stereocenters. The summed E-state index contributed by atoms with van der Waals surface area (Å²) in [7, 11) is 1.55. The SMILES string of the molecule is CN(Cc1cc2c(cc1OC(F)F)OCO2)C(=O)C(C)(N)c1ccccc1.Cl. The van der Waals surface area contributed by atoms with Gasteiger partial charge in [-0.15, -0.1) is 12.4 Å². The Bertz CT molecular complexity index is 834. The van der Waals surface area contributed by atoms with Gasteiger partial charge in [0.25, 0.3) is 0 Å². The van der Waals surface area contributed by atoms with Crippen LogP contribution in [0, 0.1) is 0 Å². The number of likely N-dealkylation sites (N-methyl/N-ethyl adjacent to an activating group) is 1. The number of alkyl halides is 2. The van der Waals surface area contributed by atoms with Crippen LogP contribution >= 0.6 is 12.4 Å². The molecule has 0 aliphatic carbocycles. The summed E-state index contributed by atoms with van der Waals surface area (Å²) in [5, 5.41) is 0. The molecule has 0 bridgehead atoms. The van der Waals surface area contributed by atoms with Crippen molar-refractivity contribution in [1.29, 1.82) is 0 Å². The highest BCUT2D eigenvalue weighted by atomic mass is 35.5. The molecule has 1 aliphatic heterocycles. The van der Waals surface area contributed by atoms with Crippen molar-refractivity contribution >= 4 is 18.3 Å². The van der Waals surface area contributed by atoms with E-state index in [1.807, 2.05) is 6.07 Å². The first-order chi connectivity index (χ1) is 12.8. The van der Waals surface area contributed by atoms with Gasteiger partial charge in [0, 0.05) is 25.2 Å². The number of halogens is 3. The molecule has 152 valence electrons. The Labute approximate surface area is 167 Å². The van der Waals surface area contributed by atoms with Gasteiger partial charge >= 0.3 is 6.61 Å². The second-order valence-electron chi connectivity index (χ2n) is 6.42. The highest BCUT2D eigenvalue weighted by molar-refractivity contribution is 5.87. The van der Waals surface area contributed by atoms with Crippen molar-refractivity contribution in [3.8, 4) is 17.2 Å². The van der Waals surface area contributed by atoms with Crippen molar-refractivity contribution in [1.82, 2.24) is 4.90 Å². The van der Waals surface area contributed by atoms with Gasteiger partial charge in [0.1, 0.15) is 11.3 Å². The number of rotatable bonds is 6. The van der Waals surface area contributed by atoms with Crippen molar-refractivity contribution in [3.63, 3.8) is 0 Å². The monoisotopic (exact) mass is 414 g/mol. The average Bonchev–Trinajstić information content (AvgIpc) is 3.08. The van der Waals surface area contributed by atoms with Crippen LogP contribution in [0.1, 0.15) is 18.1 Å². The van der Waals surface area contributed by atoms with Crippen LogP contribution in [0.15, 0.2) is 42.5 Å². The van der Waals surface area contributed by atoms with Crippen LogP contribution in [-0.2, 0) is 16.9 Å². The molecule has 28 heavy (non-hydrogen) atoms. The van der Waals surface area contributed by atoms with Crippen molar-refractivity contribution in [2.75, 3.05) is 13.8 Å². The highest BCUT2D eigenvalue weighted by Gasteiger charge is 2.33. The fourth-order valence-electron chi connectivity index (χ4n) is 2.93. The number of carbonyl (C=O) groups excluding carboxylic acids is 1. The Hall–Kier alpha value is -2.58. The maximum absolute atomic E-state index is 12.9. The molecule has 1 aliphatic rings. The fraction of sp³-hybridized carbons (Fsp3) is 0.316. The van der Waals surface area contributed by atoms with Crippen molar-refractivity contribution in [2.45, 2.75) is 25.6 Å². The second kappa shape index (κ2) is 8.62. The first kappa shape index (κ1) is 21.7. The summed E-state index contributed by atoms with van der Waals surface area (Å²) in [4.78, 5) is 14.3. The van der Waals surface area contributed by atoms with Gasteiger partial charge in [-0.3, -0.25) is 4.79 Å². The molecule has 2 aromatic carbocycles. The van der Waals surface area contributed by atoms with E-state index in [0.29, 0.717) is 22.6 Å². The van der Waals surface area contributed by atoms with Crippen LogP contribution in [0.2, 0.25) is 0 Å². The van der Waals surface area contributed by atoms with Crippen molar-refractivity contribution in [3.05, 3.63) is 53.6 Å². The summed E-state index contributed by atoms with van der Waals surface area (Å²) in [6.07, 6.45) is 0. The lowest BCUT2D eigenvalue weighted by atomic mass is 9.91. The van der Waals surface area contributed by atoms with E-state index >= 15 is 0 Å². The molecule has 0 spiro atoms. The number of hydrogen-bond donors (Lipinski definition) is 1. The molecular weight excluding hydrogens is 394 g/mol. The minimum atomic E-state index is -3.01. The number of ether oxygens (including phenoxy) is 3. The molecule has 0 saturated heterocycles. The Balaban J connectivity index is 0.00000280. The van der Waals surface area contributed by atoms with E-state index in [0.717, 1.165) is 0 Å². The predicted octanol–water partition coefficient (Wildman–Crippen LogP) is 3.27. The molecule has 1 amide bonds. The lowest BCUT2D eigenvalue weighted by Crippen LogP contribution is -2.49. The van der Waals surface area contributed by atoms with Gasteiger partial charge in [-0.05, 0) is 18.6 Å². The van der Waals surface area contributed by atoms with E-state index in [-0.39, 0.29) is 37.4 Å². The smallest absolute Gasteiger partial charge is 0.387 e. The normalized spacial score (nSPS) is 14.2. The predicted molar refractivity (Wildman–Crippen MR) is 101 cm³/mol. The van der Waals surface area contributed by atoms with E-state index in [2.05, 4.69) is 4.74 Å². The molecule has 0 radical (unpaired) electrons. The van der Waals surface area contributed by atoms with Crippen LogP contribution in [0.3, 0.4) is 0 Å². The number of nitrogens with zero attached hydrogens (tertiary/aromatic N) is 1. The Morgan fingerprint density at radius 3 is 2.46 bits per heavy atom. The van der Waals surface area contributed by atoms with Crippen LogP contribution < -0.4 is 19.9 Å². The molecule has 3 rings (SSSR count). The molecule has 0 saturated carbocycles. The molecule has 0 aromatic heterocycles. The number of nitrogens with two attached hydrogens (primary N) is 1. The van der Waals surface area contributed by atoms with Crippen molar-refractivity contribution < 1.29 is 27.8 Å². The maximum Gasteiger partial charge on any atom is 0.387 e. The van der Waals surface area contributed by atoms with Gasteiger partial charge in [-0.1, -0.05) is 30.3 Å². The third-order valence-corrected chi connectivity index (χ3v) is 4.34. The summed E-state index contributed by atoms with van der Waals surface area (Å²) in [5.41, 5.74) is 6.00. The molecule has 2 N–H and O–H groups in total. The molecule has 1 heterocycles. The number of fused-ring (bicyclic) bond motifs is 1. The summed E-state index contributed by atoms with van der Waals surface area (Å²) < 4.78 is 40.6. The third-order valence-electron chi connectivity index (χ3n) is 4.34. The maximum atomic E-state index is 12.9. The summed E-state index contributed by atoms with van der Waals surface area (Å²) in [6, 6.07) is 11.8. The van der Waals surface area contributed by atoms with Crippen LogP contribution in [0.5, 0.6) is 17.2 Å². The topological polar surface area (TPSA) is 74.0 Å². The van der Waals surface area contributed by atoms with E-state index in [1.165, 1.54) is 17.0 Å². The van der Waals surface area contributed by atoms with Crippen LogP contribution in [0.4, 0.5) is 8.78 Å². The van der Waals surface area contributed by atoms with Gasteiger partial charge in [0.2, 0.25) is 12.7 Å². The van der Waals surface area contributed by atoms with Gasteiger partial charge in [-0.2, -0.15) is 8.78 Å². The lowest BCUT2D eigenvalue weighted by Gasteiger charge is -2.30. The number of hydrogen-bond acceptors (Lipinski definition) is 5. The Kier molecular flexibility index (Phi) is 6.69. The third kappa shape index (κ3) is 4.45. The quantitative estimate of drug-likeness (QED) is 0.785. The molecule has 6 nitrogen and oxygen atoms in total. The molecule has 0 fully saturated rings. The zero-order valence-corrected chi connectivity index (χ0v) is 16.2. The summed E-state index contributed by atoms with van der Waals surface area (Å²) >= 11 is 0. The first-order valence-electron chi connectivity index (χ1n) is 8.26. The highest BCUT2D eigenvalue weighted by Crippen LogP contribution is 2.39. The van der Waals surface area contributed by atoms with E-state index in [4.69, 9.17) is 15.2 Å². The molecule has 1 unspecified atom stereocenters. The molecule has 9 heteroatoms. The zero-order chi connectivity index (χ0) is 19.6. The van der Waals surface area contributed by atoms with Gasteiger partial charge in [0.05, 0.1) is 0 Å². The van der Waals surface area contributed by atoms with Crippen molar-refractivity contribution in [2.24, 2.45) is 5.73 Å². The number of carbonyl (C=O) groups is 1. The second-order valence-corrected chi connectivity index (χ2v) is 6.42. The molecular formula is C19H21ClF2N2O4. The molecule has 2 aromatic rings. The number of amides is 1. The lowest BCUT2D eigenvalue weighted by molar-refractivity contribution is -0.136. The minimum absolute atomic E-state index is 0. The summed E-state index contributed by atoms with van der Waals surface area (Å²) in [5.74, 6) is 0.282. The average molecular weight is 415 g/mol. The number of benzene rings is 2. The van der Waals surface area contributed by atoms with E-state index in [9.17, 15) is 13.6 Å².